The second-order valence-corrected chi connectivity index (χ2v) is 5.25. The van der Waals surface area contributed by atoms with Gasteiger partial charge in [0, 0.05) is 39.1 Å². The van der Waals surface area contributed by atoms with Gasteiger partial charge in [0.1, 0.15) is 12.1 Å². The van der Waals surface area contributed by atoms with Gasteiger partial charge in [-0.15, -0.1) is 0 Å². The van der Waals surface area contributed by atoms with Crippen molar-refractivity contribution in [3.8, 4) is 0 Å². The van der Waals surface area contributed by atoms with Crippen molar-refractivity contribution in [3.63, 3.8) is 0 Å². The van der Waals surface area contributed by atoms with E-state index in [1.807, 2.05) is 0 Å². The topological polar surface area (TPSA) is 73.5 Å². The van der Waals surface area contributed by atoms with E-state index in [9.17, 15) is 22.8 Å². The number of rotatable bonds is 4. The molecule has 2 heterocycles. The molecule has 0 aromatic rings. The molecule has 2 fully saturated rings. The minimum atomic E-state index is -4.40. The van der Waals surface area contributed by atoms with Crippen LogP contribution in [0.4, 0.5) is 13.2 Å². The summed E-state index contributed by atoms with van der Waals surface area (Å²) in [5.74, 6) is -0.796. The summed E-state index contributed by atoms with van der Waals surface area (Å²) in [6.07, 6.45) is -3.84. The molecule has 21 heavy (non-hydrogen) atoms. The first-order valence-electron chi connectivity index (χ1n) is 6.96. The number of alkyl halides is 3. The number of piperazine rings is 1. The number of carbonyl (C=O) groups excluding carboxylic acids is 2. The second kappa shape index (κ2) is 6.61. The first kappa shape index (κ1) is 16.0. The molecule has 120 valence electrons. The molecule has 6 nitrogen and oxygen atoms in total. The Kier molecular flexibility index (Phi) is 5.04. The molecule has 0 bridgehead atoms. The van der Waals surface area contributed by atoms with E-state index < -0.39 is 30.7 Å². The molecule has 0 aromatic heterocycles. The van der Waals surface area contributed by atoms with Gasteiger partial charge >= 0.3 is 6.18 Å². The molecule has 2 unspecified atom stereocenters. The lowest BCUT2D eigenvalue weighted by atomic mass is 10.1. The molecular weight excluding hydrogens is 289 g/mol. The Morgan fingerprint density at radius 3 is 2.57 bits per heavy atom. The smallest absolute Gasteiger partial charge is 0.352 e. The van der Waals surface area contributed by atoms with Crippen molar-refractivity contribution < 1.29 is 22.8 Å². The van der Waals surface area contributed by atoms with Crippen LogP contribution >= 0.6 is 0 Å². The van der Waals surface area contributed by atoms with E-state index in [1.54, 1.807) is 0 Å². The number of halogens is 3. The van der Waals surface area contributed by atoms with Gasteiger partial charge in [0.05, 0.1) is 0 Å². The highest BCUT2D eigenvalue weighted by Gasteiger charge is 2.44. The Balaban J connectivity index is 1.89. The summed E-state index contributed by atoms with van der Waals surface area (Å²) in [4.78, 5) is 24.1. The monoisotopic (exact) mass is 308 g/mol. The van der Waals surface area contributed by atoms with E-state index in [-0.39, 0.29) is 12.3 Å². The van der Waals surface area contributed by atoms with Gasteiger partial charge in [0.2, 0.25) is 11.8 Å². The molecular formula is C12H19F3N4O2. The normalized spacial score (nSPS) is 25.5. The van der Waals surface area contributed by atoms with Gasteiger partial charge in [-0.05, 0) is 6.42 Å². The maximum atomic E-state index is 13.1. The van der Waals surface area contributed by atoms with Crippen molar-refractivity contribution in [2.24, 2.45) is 0 Å². The lowest BCUT2D eigenvalue weighted by Gasteiger charge is -2.36. The molecule has 2 atom stereocenters. The van der Waals surface area contributed by atoms with Crippen LogP contribution in [-0.4, -0.2) is 67.7 Å². The van der Waals surface area contributed by atoms with Crippen LogP contribution in [0.3, 0.4) is 0 Å². The highest BCUT2D eigenvalue weighted by molar-refractivity contribution is 5.90. The largest absolute Gasteiger partial charge is 0.405 e. The Labute approximate surface area is 120 Å². The van der Waals surface area contributed by atoms with Crippen molar-refractivity contribution in [1.82, 2.24) is 20.9 Å². The maximum Gasteiger partial charge on any atom is 0.405 e. The van der Waals surface area contributed by atoms with Crippen LogP contribution < -0.4 is 16.0 Å². The molecule has 2 amide bonds. The third-order valence-electron chi connectivity index (χ3n) is 3.75. The summed E-state index contributed by atoms with van der Waals surface area (Å²) in [5, 5.41) is 7.74. The van der Waals surface area contributed by atoms with E-state index >= 15 is 0 Å². The highest BCUT2D eigenvalue weighted by atomic mass is 19.4. The standard InChI is InChI=1S/C12H19F3N4O2/c13-12(14,15)9(19-5-3-16-4-6-19)7-17-11(21)8-1-2-10(20)18-8/h8-9,16H,1-7H2,(H,17,21)(H,18,20). The quantitative estimate of drug-likeness (QED) is 0.637. The van der Waals surface area contributed by atoms with E-state index in [0.717, 1.165) is 0 Å². The van der Waals surface area contributed by atoms with E-state index in [2.05, 4.69) is 16.0 Å². The predicted molar refractivity (Wildman–Crippen MR) is 68.5 cm³/mol. The molecule has 2 aliphatic rings. The maximum absolute atomic E-state index is 13.1. The van der Waals surface area contributed by atoms with E-state index in [4.69, 9.17) is 0 Å². The van der Waals surface area contributed by atoms with Crippen LogP contribution in [-0.2, 0) is 9.59 Å². The van der Waals surface area contributed by atoms with Crippen LogP contribution in [0.5, 0.6) is 0 Å². The van der Waals surface area contributed by atoms with Crippen LogP contribution in [0.2, 0.25) is 0 Å². The van der Waals surface area contributed by atoms with Crippen molar-refractivity contribution in [2.45, 2.75) is 31.1 Å². The van der Waals surface area contributed by atoms with E-state index in [0.29, 0.717) is 32.6 Å². The fourth-order valence-electron chi connectivity index (χ4n) is 2.58. The fraction of sp³-hybridized carbons (Fsp3) is 0.833. The Hall–Kier alpha value is -1.35. The van der Waals surface area contributed by atoms with Crippen molar-refractivity contribution in [3.05, 3.63) is 0 Å². The molecule has 2 aliphatic heterocycles. The number of carbonyl (C=O) groups is 2. The first-order chi connectivity index (χ1) is 9.88. The molecule has 9 heteroatoms. The molecule has 2 saturated heterocycles. The minimum absolute atomic E-state index is 0.235. The van der Waals surface area contributed by atoms with Gasteiger partial charge in [-0.1, -0.05) is 0 Å². The van der Waals surface area contributed by atoms with Gasteiger partial charge in [-0.25, -0.2) is 0 Å². The minimum Gasteiger partial charge on any atom is -0.352 e. The lowest BCUT2D eigenvalue weighted by Crippen LogP contribution is -2.58. The second-order valence-electron chi connectivity index (χ2n) is 5.25. The molecule has 0 aliphatic carbocycles. The Morgan fingerprint density at radius 2 is 2.05 bits per heavy atom. The summed E-state index contributed by atoms with van der Waals surface area (Å²) in [5.41, 5.74) is 0. The Bertz CT molecular complexity index is 396. The van der Waals surface area contributed by atoms with Gasteiger partial charge in [0.25, 0.3) is 0 Å². The van der Waals surface area contributed by atoms with Crippen LogP contribution in [0.25, 0.3) is 0 Å². The number of nitrogens with one attached hydrogen (secondary N) is 3. The first-order valence-corrected chi connectivity index (χ1v) is 6.96. The zero-order valence-electron chi connectivity index (χ0n) is 11.5. The molecule has 0 spiro atoms. The number of amides is 2. The molecule has 2 rings (SSSR count). The van der Waals surface area contributed by atoms with Gasteiger partial charge in [-0.2, -0.15) is 13.2 Å². The third kappa shape index (κ3) is 4.31. The van der Waals surface area contributed by atoms with Crippen LogP contribution in [0.1, 0.15) is 12.8 Å². The van der Waals surface area contributed by atoms with Crippen molar-refractivity contribution in [2.75, 3.05) is 32.7 Å². The SMILES string of the molecule is O=C1CCC(C(=O)NCC(N2CCNCC2)C(F)(F)F)N1. The summed E-state index contributed by atoms with van der Waals surface area (Å²) < 4.78 is 39.3. The van der Waals surface area contributed by atoms with Crippen molar-refractivity contribution in [1.29, 1.82) is 0 Å². The predicted octanol–water partition coefficient (Wildman–Crippen LogP) is -0.783. The molecule has 0 saturated carbocycles. The number of hydrogen-bond acceptors (Lipinski definition) is 4. The summed E-state index contributed by atoms with van der Waals surface area (Å²) in [7, 11) is 0. The van der Waals surface area contributed by atoms with Crippen molar-refractivity contribution >= 4 is 11.8 Å². The number of nitrogens with zero attached hydrogens (tertiary/aromatic N) is 1. The highest BCUT2D eigenvalue weighted by Crippen LogP contribution is 2.24. The summed E-state index contributed by atoms with van der Waals surface area (Å²) >= 11 is 0. The summed E-state index contributed by atoms with van der Waals surface area (Å²) in [6.45, 7) is 1.09. The summed E-state index contributed by atoms with van der Waals surface area (Å²) in [6, 6.07) is -2.41. The average molecular weight is 308 g/mol. The molecule has 0 radical (unpaired) electrons. The van der Waals surface area contributed by atoms with Gasteiger partial charge < -0.3 is 16.0 Å². The zero-order chi connectivity index (χ0) is 15.5. The zero-order valence-corrected chi connectivity index (χ0v) is 11.5. The number of hydrogen-bond donors (Lipinski definition) is 3. The fourth-order valence-corrected chi connectivity index (χ4v) is 2.58. The van der Waals surface area contributed by atoms with E-state index in [1.165, 1.54) is 4.90 Å². The average Bonchev–Trinajstić information content (AvgIpc) is 2.85. The van der Waals surface area contributed by atoms with Crippen LogP contribution in [0, 0.1) is 0 Å². The molecule has 3 N–H and O–H groups in total. The third-order valence-corrected chi connectivity index (χ3v) is 3.75. The lowest BCUT2D eigenvalue weighted by molar-refractivity contribution is -0.184. The molecule has 0 aromatic carbocycles. The van der Waals surface area contributed by atoms with Gasteiger partial charge in [-0.3, -0.25) is 14.5 Å². The Morgan fingerprint density at radius 1 is 1.38 bits per heavy atom. The van der Waals surface area contributed by atoms with Gasteiger partial charge in [0.15, 0.2) is 0 Å². The van der Waals surface area contributed by atoms with Crippen LogP contribution in [0.15, 0.2) is 0 Å².